The number of carbonyl (C=O) groups is 2. The highest BCUT2D eigenvalue weighted by atomic mass is 16.5. The number of carbonyl (C=O) groups excluding carboxylic acids is 2. The molecule has 0 aromatic carbocycles. The summed E-state index contributed by atoms with van der Waals surface area (Å²) in [6, 6.07) is -0.538. The Hall–Kier alpha value is -1.14. The molecule has 6 heteroatoms. The molecule has 6 nitrogen and oxygen atoms in total. The van der Waals surface area contributed by atoms with Gasteiger partial charge in [0.2, 0.25) is 5.91 Å². The van der Waals surface area contributed by atoms with Gasteiger partial charge in [-0.05, 0) is 25.7 Å². The van der Waals surface area contributed by atoms with Crippen LogP contribution in [0.4, 0.5) is 0 Å². The Morgan fingerprint density at radius 1 is 0.300 bits per heavy atom. The second-order valence-electron chi connectivity index (χ2n) is 26.0. The Morgan fingerprint density at radius 2 is 0.512 bits per heavy atom. The molecule has 0 heterocycles. The number of hydrogen-bond donors (Lipinski definition) is 3. The van der Waals surface area contributed by atoms with E-state index in [2.05, 4.69) is 19.2 Å². The van der Waals surface area contributed by atoms with E-state index < -0.39 is 12.1 Å². The van der Waals surface area contributed by atoms with Crippen LogP contribution in [0.1, 0.15) is 438 Å². The lowest BCUT2D eigenvalue weighted by Gasteiger charge is -2.22. The average molecular weight is 1130 g/mol. The molecule has 1 amide bonds. The van der Waals surface area contributed by atoms with Crippen LogP contribution in [0.15, 0.2) is 0 Å². The molecule has 0 saturated heterocycles. The van der Waals surface area contributed by atoms with Gasteiger partial charge in [-0.2, -0.15) is 0 Å². The number of rotatable bonds is 71. The maximum absolute atomic E-state index is 12.5. The van der Waals surface area contributed by atoms with Gasteiger partial charge in [0.15, 0.2) is 0 Å². The van der Waals surface area contributed by atoms with Gasteiger partial charge in [-0.3, -0.25) is 9.59 Å². The van der Waals surface area contributed by atoms with Gasteiger partial charge in [-0.15, -0.1) is 0 Å². The van der Waals surface area contributed by atoms with Gasteiger partial charge in [0, 0.05) is 12.8 Å². The summed E-state index contributed by atoms with van der Waals surface area (Å²) in [5.74, 6) is -0.00253. The lowest BCUT2D eigenvalue weighted by atomic mass is 10.0. The summed E-state index contributed by atoms with van der Waals surface area (Å²) in [5, 5.41) is 23.4. The summed E-state index contributed by atoms with van der Waals surface area (Å²) in [5.41, 5.74) is 0. The van der Waals surface area contributed by atoms with Crippen molar-refractivity contribution in [2.24, 2.45) is 0 Å². The molecule has 2 atom stereocenters. The number of hydrogen-bond acceptors (Lipinski definition) is 5. The Bertz CT molecular complexity index is 1160. The summed E-state index contributed by atoms with van der Waals surface area (Å²) in [6.45, 7) is 5.01. The molecule has 0 aliphatic rings. The second kappa shape index (κ2) is 70.3. The summed E-state index contributed by atoms with van der Waals surface area (Å²) in [6.07, 6.45) is 86.0. The third-order valence-electron chi connectivity index (χ3n) is 17.9. The fourth-order valence-electron chi connectivity index (χ4n) is 12.2. The van der Waals surface area contributed by atoms with Crippen molar-refractivity contribution >= 4 is 11.9 Å². The molecule has 0 rings (SSSR count). The third-order valence-corrected chi connectivity index (χ3v) is 17.9. The first-order chi connectivity index (χ1) is 39.5. The molecular weight excluding hydrogens is 983 g/mol. The predicted octanol–water partition coefficient (Wildman–Crippen LogP) is 24.2. The van der Waals surface area contributed by atoms with Crippen LogP contribution >= 0.6 is 0 Å². The minimum atomic E-state index is -0.661. The molecule has 0 radical (unpaired) electrons. The Morgan fingerprint density at radius 3 is 0.762 bits per heavy atom. The third kappa shape index (κ3) is 66.0. The molecule has 0 spiro atoms. The average Bonchev–Trinajstić information content (AvgIpc) is 3.46. The normalized spacial score (nSPS) is 12.4. The monoisotopic (exact) mass is 1130 g/mol. The van der Waals surface area contributed by atoms with Crippen LogP contribution in [0.3, 0.4) is 0 Å². The van der Waals surface area contributed by atoms with Crippen LogP contribution in [0.25, 0.3) is 0 Å². The van der Waals surface area contributed by atoms with E-state index in [1.807, 2.05) is 0 Å². The van der Waals surface area contributed by atoms with Crippen LogP contribution in [0.5, 0.6) is 0 Å². The van der Waals surface area contributed by atoms with Crippen LogP contribution in [-0.2, 0) is 14.3 Å². The lowest BCUT2D eigenvalue weighted by Crippen LogP contribution is -2.45. The predicted molar refractivity (Wildman–Crippen MR) is 352 cm³/mol. The zero-order valence-electron chi connectivity index (χ0n) is 54.9. The molecule has 478 valence electrons. The van der Waals surface area contributed by atoms with Crippen molar-refractivity contribution in [3.63, 3.8) is 0 Å². The van der Waals surface area contributed by atoms with Crippen molar-refractivity contribution < 1.29 is 24.5 Å². The van der Waals surface area contributed by atoms with Gasteiger partial charge in [-0.1, -0.05) is 399 Å². The van der Waals surface area contributed by atoms with Crippen LogP contribution in [-0.4, -0.2) is 47.4 Å². The summed E-state index contributed by atoms with van der Waals surface area (Å²) in [4.78, 5) is 24.6. The largest absolute Gasteiger partial charge is 0.466 e. The number of aliphatic hydroxyl groups excluding tert-OH is 2. The molecule has 0 bridgehead atoms. The Kier molecular flexibility index (Phi) is 69.3. The zero-order valence-corrected chi connectivity index (χ0v) is 54.9. The van der Waals surface area contributed by atoms with E-state index in [-0.39, 0.29) is 18.5 Å². The lowest BCUT2D eigenvalue weighted by molar-refractivity contribution is -0.143. The SMILES string of the molecule is CCCCCCCCCCCCCCCCCCCCCCC(O)C(CO)NC(=O)CCCCCCCCCCCCCCCCCCCCCCCCCCCCCCCCCOC(=O)CCCCCCCCCCCCCC. The minimum absolute atomic E-state index is 0.0227. The summed E-state index contributed by atoms with van der Waals surface area (Å²) in [7, 11) is 0. The highest BCUT2D eigenvalue weighted by Gasteiger charge is 2.20. The fraction of sp³-hybridized carbons (Fsp3) is 0.973. The van der Waals surface area contributed by atoms with E-state index in [1.165, 1.54) is 366 Å². The zero-order chi connectivity index (χ0) is 57.8. The quantitative estimate of drug-likeness (QED) is 0.0417. The van der Waals surface area contributed by atoms with Crippen LogP contribution < -0.4 is 5.32 Å². The molecule has 80 heavy (non-hydrogen) atoms. The molecule has 0 fully saturated rings. The van der Waals surface area contributed by atoms with E-state index in [9.17, 15) is 19.8 Å². The van der Waals surface area contributed by atoms with Gasteiger partial charge >= 0.3 is 5.97 Å². The smallest absolute Gasteiger partial charge is 0.305 e. The standard InChI is InChI=1S/C74H147NO5/c1-3-5-7-9-11-13-15-17-18-19-20-34-37-40-43-46-50-54-58-62-66-72(77)71(70-76)75-73(78)67-63-59-55-51-47-44-41-38-35-32-30-28-26-24-22-21-23-25-27-29-31-33-36-39-42-45-49-53-57-61-65-69-80-74(79)68-64-60-56-52-48-16-14-12-10-8-6-4-2/h71-72,76-77H,3-70H2,1-2H3,(H,75,78). The van der Waals surface area contributed by atoms with E-state index >= 15 is 0 Å². The maximum atomic E-state index is 12.5. The Labute approximate surface area is 502 Å². The first kappa shape index (κ1) is 78.9. The molecule has 0 aromatic heterocycles. The van der Waals surface area contributed by atoms with Crippen LogP contribution in [0, 0.1) is 0 Å². The molecule has 0 aromatic rings. The van der Waals surface area contributed by atoms with Gasteiger partial charge in [0.05, 0.1) is 25.4 Å². The van der Waals surface area contributed by atoms with Crippen molar-refractivity contribution in [1.82, 2.24) is 5.32 Å². The molecular formula is C74H147NO5. The first-order valence-electron chi connectivity index (χ1n) is 37.3. The number of ether oxygens (including phenoxy) is 1. The molecule has 0 aliphatic carbocycles. The molecule has 0 saturated carbocycles. The number of aliphatic hydroxyl groups is 2. The minimum Gasteiger partial charge on any atom is -0.466 e. The van der Waals surface area contributed by atoms with Gasteiger partial charge < -0.3 is 20.3 Å². The van der Waals surface area contributed by atoms with E-state index in [0.29, 0.717) is 25.9 Å². The Balaban J connectivity index is 3.32. The fourth-order valence-corrected chi connectivity index (χ4v) is 12.2. The number of unbranched alkanes of at least 4 members (excludes halogenated alkanes) is 60. The van der Waals surface area contributed by atoms with Crippen molar-refractivity contribution in [1.29, 1.82) is 0 Å². The second-order valence-corrected chi connectivity index (χ2v) is 26.0. The molecule has 2 unspecified atom stereocenters. The number of nitrogens with one attached hydrogen (secondary N) is 1. The van der Waals surface area contributed by atoms with Gasteiger partial charge in [-0.25, -0.2) is 0 Å². The van der Waals surface area contributed by atoms with E-state index in [1.54, 1.807) is 0 Å². The van der Waals surface area contributed by atoms with Crippen LogP contribution in [0.2, 0.25) is 0 Å². The first-order valence-corrected chi connectivity index (χ1v) is 37.3. The van der Waals surface area contributed by atoms with Crippen molar-refractivity contribution in [3.05, 3.63) is 0 Å². The van der Waals surface area contributed by atoms with Crippen molar-refractivity contribution in [2.45, 2.75) is 450 Å². The van der Waals surface area contributed by atoms with Crippen molar-refractivity contribution in [2.75, 3.05) is 13.2 Å². The highest BCUT2D eigenvalue weighted by molar-refractivity contribution is 5.76. The van der Waals surface area contributed by atoms with E-state index in [4.69, 9.17) is 4.74 Å². The van der Waals surface area contributed by atoms with Gasteiger partial charge in [0.1, 0.15) is 0 Å². The number of esters is 1. The number of amides is 1. The maximum Gasteiger partial charge on any atom is 0.305 e. The summed E-state index contributed by atoms with van der Waals surface area (Å²) < 4.78 is 5.49. The highest BCUT2D eigenvalue weighted by Crippen LogP contribution is 2.20. The molecule has 0 aliphatic heterocycles. The topological polar surface area (TPSA) is 95.9 Å². The van der Waals surface area contributed by atoms with E-state index in [0.717, 1.165) is 38.5 Å². The summed E-state index contributed by atoms with van der Waals surface area (Å²) >= 11 is 0. The molecule has 3 N–H and O–H groups in total. The van der Waals surface area contributed by atoms with Gasteiger partial charge in [0.25, 0.3) is 0 Å². The van der Waals surface area contributed by atoms with Crippen molar-refractivity contribution in [3.8, 4) is 0 Å².